The summed E-state index contributed by atoms with van der Waals surface area (Å²) < 4.78 is 0. The van der Waals surface area contributed by atoms with Gasteiger partial charge in [-0.15, -0.1) is 0 Å². The van der Waals surface area contributed by atoms with Gasteiger partial charge in [-0.25, -0.2) is 0 Å². The summed E-state index contributed by atoms with van der Waals surface area (Å²) in [4.78, 5) is 2.90. The van der Waals surface area contributed by atoms with Crippen LogP contribution in [-0.2, 0) is 0 Å². The van der Waals surface area contributed by atoms with E-state index in [4.69, 9.17) is 0 Å². The Bertz CT molecular complexity index is 214. The van der Waals surface area contributed by atoms with Gasteiger partial charge in [-0.05, 0) is 44.9 Å². The van der Waals surface area contributed by atoms with Gasteiger partial charge in [-0.2, -0.15) is 11.8 Å². The van der Waals surface area contributed by atoms with Crippen LogP contribution in [0.1, 0.15) is 32.1 Å². The van der Waals surface area contributed by atoms with Gasteiger partial charge in [0.25, 0.3) is 0 Å². The van der Waals surface area contributed by atoms with E-state index in [0.717, 1.165) is 24.2 Å². The minimum absolute atomic E-state index is 0.799. The number of hydrogen-bond donors (Lipinski definition) is 1. The van der Waals surface area contributed by atoms with Gasteiger partial charge >= 0.3 is 0 Å². The van der Waals surface area contributed by atoms with E-state index in [9.17, 15) is 0 Å². The molecule has 0 aromatic carbocycles. The molecular weight excluding hydrogens is 204 g/mol. The standard InChI is InChI=1S/C12H22N2S/c1-13-9-6-10-2-3-11(7-9)14(10)12-4-5-15-8-12/h9-13H,2-8H2,1H3. The largest absolute Gasteiger partial charge is 0.317 e. The molecule has 0 radical (unpaired) electrons. The lowest BCUT2D eigenvalue weighted by molar-refractivity contribution is 0.0822. The fraction of sp³-hybridized carbons (Fsp3) is 1.00. The van der Waals surface area contributed by atoms with E-state index in [2.05, 4.69) is 29.0 Å². The molecule has 3 aliphatic rings. The third kappa shape index (κ3) is 1.83. The summed E-state index contributed by atoms with van der Waals surface area (Å²) in [5.74, 6) is 2.80. The van der Waals surface area contributed by atoms with Crippen LogP contribution >= 0.6 is 11.8 Å². The summed E-state index contributed by atoms with van der Waals surface area (Å²) >= 11 is 2.16. The maximum absolute atomic E-state index is 3.48. The predicted octanol–water partition coefficient (Wildman–Crippen LogP) is 1.71. The quantitative estimate of drug-likeness (QED) is 0.771. The zero-order valence-electron chi connectivity index (χ0n) is 9.61. The third-order valence-electron chi connectivity index (χ3n) is 4.53. The molecule has 86 valence electrons. The summed E-state index contributed by atoms with van der Waals surface area (Å²) in [5.41, 5.74) is 0. The fourth-order valence-electron chi connectivity index (χ4n) is 3.80. The summed E-state index contributed by atoms with van der Waals surface area (Å²) in [6.07, 6.45) is 7.16. The second kappa shape index (κ2) is 4.27. The highest BCUT2D eigenvalue weighted by atomic mass is 32.2. The minimum Gasteiger partial charge on any atom is -0.317 e. The normalized spacial score (nSPS) is 46.2. The maximum atomic E-state index is 3.48. The van der Waals surface area contributed by atoms with Crippen LogP contribution < -0.4 is 5.32 Å². The molecule has 3 heteroatoms. The molecule has 0 spiro atoms. The molecule has 3 saturated heterocycles. The number of nitrogens with one attached hydrogen (secondary N) is 1. The lowest BCUT2D eigenvalue weighted by Gasteiger charge is -2.42. The Balaban J connectivity index is 1.70. The molecular formula is C12H22N2S. The molecule has 0 aromatic heterocycles. The summed E-state index contributed by atoms with van der Waals surface area (Å²) in [7, 11) is 2.13. The second-order valence-corrected chi connectivity index (χ2v) is 6.46. The van der Waals surface area contributed by atoms with Crippen molar-refractivity contribution >= 4 is 11.8 Å². The Morgan fingerprint density at radius 1 is 1.07 bits per heavy atom. The molecule has 3 heterocycles. The first-order valence-electron chi connectivity index (χ1n) is 6.41. The summed E-state index contributed by atoms with van der Waals surface area (Å²) in [5, 5.41) is 3.48. The molecule has 3 aliphatic heterocycles. The van der Waals surface area contributed by atoms with Crippen LogP contribution in [0.5, 0.6) is 0 Å². The molecule has 0 aliphatic carbocycles. The summed E-state index contributed by atoms with van der Waals surface area (Å²) in [6.45, 7) is 0. The number of nitrogens with zero attached hydrogens (tertiary/aromatic N) is 1. The lowest BCUT2D eigenvalue weighted by atomic mass is 9.95. The smallest absolute Gasteiger partial charge is 0.0200 e. The van der Waals surface area contributed by atoms with Crippen molar-refractivity contribution in [1.29, 1.82) is 0 Å². The van der Waals surface area contributed by atoms with Gasteiger partial charge < -0.3 is 5.32 Å². The van der Waals surface area contributed by atoms with E-state index in [1.54, 1.807) is 0 Å². The molecule has 0 saturated carbocycles. The molecule has 0 amide bonds. The Kier molecular flexibility index (Phi) is 2.97. The van der Waals surface area contributed by atoms with E-state index < -0.39 is 0 Å². The lowest BCUT2D eigenvalue weighted by Crippen LogP contribution is -2.52. The molecule has 0 aromatic rings. The van der Waals surface area contributed by atoms with E-state index in [-0.39, 0.29) is 0 Å². The van der Waals surface area contributed by atoms with Gasteiger partial charge in [-0.1, -0.05) is 0 Å². The first-order valence-corrected chi connectivity index (χ1v) is 7.56. The van der Waals surface area contributed by atoms with Gasteiger partial charge in [0, 0.05) is 29.9 Å². The first kappa shape index (κ1) is 10.4. The van der Waals surface area contributed by atoms with Crippen molar-refractivity contribution in [2.24, 2.45) is 0 Å². The van der Waals surface area contributed by atoms with Crippen molar-refractivity contribution in [3.8, 4) is 0 Å². The monoisotopic (exact) mass is 226 g/mol. The average molecular weight is 226 g/mol. The van der Waals surface area contributed by atoms with Crippen molar-refractivity contribution in [1.82, 2.24) is 10.2 Å². The van der Waals surface area contributed by atoms with Crippen molar-refractivity contribution < 1.29 is 0 Å². The average Bonchev–Trinajstić information content (AvgIpc) is 2.84. The number of fused-ring (bicyclic) bond motifs is 2. The van der Waals surface area contributed by atoms with E-state index >= 15 is 0 Å². The molecule has 1 N–H and O–H groups in total. The van der Waals surface area contributed by atoms with E-state index in [0.29, 0.717) is 0 Å². The van der Waals surface area contributed by atoms with Crippen LogP contribution in [0.15, 0.2) is 0 Å². The Morgan fingerprint density at radius 3 is 2.33 bits per heavy atom. The number of rotatable bonds is 2. The van der Waals surface area contributed by atoms with Gasteiger partial charge in [0.1, 0.15) is 0 Å². The molecule has 3 rings (SSSR count). The second-order valence-electron chi connectivity index (χ2n) is 5.31. The van der Waals surface area contributed by atoms with Crippen LogP contribution in [0.3, 0.4) is 0 Å². The van der Waals surface area contributed by atoms with Crippen molar-refractivity contribution in [2.45, 2.75) is 56.3 Å². The molecule has 3 atom stereocenters. The first-order chi connectivity index (χ1) is 7.38. The van der Waals surface area contributed by atoms with Crippen LogP contribution in [0.25, 0.3) is 0 Å². The van der Waals surface area contributed by atoms with Crippen LogP contribution in [0.4, 0.5) is 0 Å². The molecule has 15 heavy (non-hydrogen) atoms. The van der Waals surface area contributed by atoms with E-state index in [1.165, 1.54) is 43.6 Å². The van der Waals surface area contributed by atoms with Gasteiger partial charge in [-0.3, -0.25) is 4.90 Å². The third-order valence-corrected chi connectivity index (χ3v) is 5.67. The number of hydrogen-bond acceptors (Lipinski definition) is 3. The highest BCUT2D eigenvalue weighted by Gasteiger charge is 2.43. The van der Waals surface area contributed by atoms with Crippen LogP contribution in [0.2, 0.25) is 0 Å². The molecule has 3 fully saturated rings. The van der Waals surface area contributed by atoms with Gasteiger partial charge in [0.15, 0.2) is 0 Å². The summed E-state index contributed by atoms with van der Waals surface area (Å²) in [6, 6.07) is 3.54. The Labute approximate surface area is 97.2 Å². The van der Waals surface area contributed by atoms with E-state index in [1.807, 2.05) is 0 Å². The highest BCUT2D eigenvalue weighted by molar-refractivity contribution is 7.99. The van der Waals surface area contributed by atoms with Crippen molar-refractivity contribution in [3.63, 3.8) is 0 Å². The van der Waals surface area contributed by atoms with Crippen LogP contribution in [-0.4, -0.2) is 47.6 Å². The molecule has 3 unspecified atom stereocenters. The van der Waals surface area contributed by atoms with Crippen LogP contribution in [0, 0.1) is 0 Å². The Morgan fingerprint density at radius 2 is 1.80 bits per heavy atom. The Hall–Kier alpha value is 0.270. The van der Waals surface area contributed by atoms with Crippen molar-refractivity contribution in [2.75, 3.05) is 18.6 Å². The fourth-order valence-corrected chi connectivity index (χ4v) is 5.02. The maximum Gasteiger partial charge on any atom is 0.0200 e. The highest BCUT2D eigenvalue weighted by Crippen LogP contribution is 2.40. The zero-order valence-corrected chi connectivity index (χ0v) is 10.4. The minimum atomic E-state index is 0.799. The number of piperidine rings is 1. The van der Waals surface area contributed by atoms with Gasteiger partial charge in [0.2, 0.25) is 0 Å². The van der Waals surface area contributed by atoms with Crippen molar-refractivity contribution in [3.05, 3.63) is 0 Å². The zero-order chi connectivity index (χ0) is 10.3. The topological polar surface area (TPSA) is 15.3 Å². The number of thioether (sulfide) groups is 1. The SMILES string of the molecule is CNC1CC2CCC(C1)N2C1CCSC1. The predicted molar refractivity (Wildman–Crippen MR) is 66.5 cm³/mol. The molecule has 2 bridgehead atoms. The van der Waals surface area contributed by atoms with Gasteiger partial charge in [0.05, 0.1) is 0 Å². The molecule has 2 nitrogen and oxygen atoms in total.